The zero-order chi connectivity index (χ0) is 27.5. The van der Waals surface area contributed by atoms with Crippen LogP contribution in [0.4, 0.5) is 0 Å². The molecule has 38 heavy (non-hydrogen) atoms. The second kappa shape index (κ2) is 25.4. The standard InChI is InChI=1S/C33H58N2O3/c1-2-3-4-5-6-7-8-9-10-11-12-13-14-15-16-17-21-27-32(36)35-31(26-22-23-28-34)33(37)38-29-30-24-19-18-20-25-30/h18-20,24-25,31H,2-17,21-23,26-29,34H2,1H3,(H,35,36)/t31-/m0/s1. The first-order valence-corrected chi connectivity index (χ1v) is 15.9. The number of unbranched alkanes of at least 4 members (excludes halogenated alkanes) is 17. The van der Waals surface area contributed by atoms with Crippen LogP contribution in [0.3, 0.4) is 0 Å². The molecule has 0 saturated heterocycles. The molecule has 0 aliphatic rings. The van der Waals surface area contributed by atoms with Crippen LogP contribution in [0, 0.1) is 0 Å². The molecule has 0 bridgehead atoms. The minimum absolute atomic E-state index is 0.0552. The van der Waals surface area contributed by atoms with Gasteiger partial charge >= 0.3 is 5.97 Å². The molecule has 218 valence electrons. The molecule has 0 spiro atoms. The minimum atomic E-state index is -0.594. The van der Waals surface area contributed by atoms with Crippen LogP contribution < -0.4 is 11.1 Å². The highest BCUT2D eigenvalue weighted by atomic mass is 16.5. The molecule has 1 amide bonds. The minimum Gasteiger partial charge on any atom is -0.459 e. The fourth-order valence-electron chi connectivity index (χ4n) is 4.85. The van der Waals surface area contributed by atoms with E-state index in [-0.39, 0.29) is 18.5 Å². The number of ether oxygens (including phenoxy) is 1. The molecule has 0 radical (unpaired) electrons. The Morgan fingerprint density at radius 2 is 1.21 bits per heavy atom. The van der Waals surface area contributed by atoms with E-state index in [1.165, 1.54) is 96.3 Å². The number of amides is 1. The van der Waals surface area contributed by atoms with Gasteiger partial charge in [0.05, 0.1) is 0 Å². The average molecular weight is 531 g/mol. The van der Waals surface area contributed by atoms with Crippen LogP contribution in [0.5, 0.6) is 0 Å². The summed E-state index contributed by atoms with van der Waals surface area (Å²) in [5.41, 5.74) is 6.54. The lowest BCUT2D eigenvalue weighted by atomic mass is 10.0. The van der Waals surface area contributed by atoms with Crippen molar-refractivity contribution < 1.29 is 14.3 Å². The SMILES string of the molecule is CCCCCCCCCCCCCCCCCCCC(=O)N[C@@H](CCCCN)C(=O)OCc1ccccc1. The lowest BCUT2D eigenvalue weighted by Crippen LogP contribution is -2.41. The van der Waals surface area contributed by atoms with E-state index in [1.54, 1.807) is 0 Å². The summed E-state index contributed by atoms with van der Waals surface area (Å²) in [6.07, 6.45) is 25.1. The maximum atomic E-state index is 12.6. The van der Waals surface area contributed by atoms with Gasteiger partial charge in [-0.1, -0.05) is 140 Å². The van der Waals surface area contributed by atoms with E-state index in [2.05, 4.69) is 12.2 Å². The second-order valence-electron chi connectivity index (χ2n) is 10.9. The molecule has 0 aliphatic heterocycles. The Morgan fingerprint density at radius 3 is 1.71 bits per heavy atom. The first-order valence-electron chi connectivity index (χ1n) is 15.9. The third-order valence-electron chi connectivity index (χ3n) is 7.30. The third kappa shape index (κ3) is 20.1. The van der Waals surface area contributed by atoms with Crippen molar-refractivity contribution >= 4 is 11.9 Å². The van der Waals surface area contributed by atoms with E-state index in [9.17, 15) is 9.59 Å². The maximum Gasteiger partial charge on any atom is 0.328 e. The summed E-state index contributed by atoms with van der Waals surface area (Å²) in [4.78, 5) is 25.1. The Morgan fingerprint density at radius 1 is 0.711 bits per heavy atom. The number of hydrogen-bond donors (Lipinski definition) is 2. The maximum absolute atomic E-state index is 12.6. The Labute approximate surface area is 234 Å². The highest BCUT2D eigenvalue weighted by Gasteiger charge is 2.21. The molecule has 5 heteroatoms. The summed E-state index contributed by atoms with van der Waals surface area (Å²) in [7, 11) is 0. The quantitative estimate of drug-likeness (QED) is 0.0931. The van der Waals surface area contributed by atoms with Crippen LogP contribution in [-0.2, 0) is 20.9 Å². The molecule has 0 aromatic heterocycles. The summed E-state index contributed by atoms with van der Waals surface area (Å²) in [5.74, 6) is -0.415. The topological polar surface area (TPSA) is 81.4 Å². The normalized spacial score (nSPS) is 11.8. The van der Waals surface area contributed by atoms with Crippen LogP contribution >= 0.6 is 0 Å². The van der Waals surface area contributed by atoms with Crippen molar-refractivity contribution in [3.8, 4) is 0 Å². The molecule has 1 aromatic carbocycles. The number of nitrogens with two attached hydrogens (primary N) is 1. The molecule has 0 fully saturated rings. The van der Waals surface area contributed by atoms with Crippen molar-refractivity contribution in [2.24, 2.45) is 5.73 Å². The number of nitrogens with one attached hydrogen (secondary N) is 1. The summed E-state index contributed by atoms with van der Waals surface area (Å²) in [6.45, 7) is 3.08. The molecule has 0 saturated carbocycles. The van der Waals surface area contributed by atoms with Gasteiger partial charge in [-0.3, -0.25) is 4.79 Å². The van der Waals surface area contributed by atoms with Crippen molar-refractivity contribution in [2.45, 2.75) is 154 Å². The van der Waals surface area contributed by atoms with Gasteiger partial charge in [-0.05, 0) is 37.8 Å². The van der Waals surface area contributed by atoms with Gasteiger partial charge in [-0.15, -0.1) is 0 Å². The fraction of sp³-hybridized carbons (Fsp3) is 0.758. The van der Waals surface area contributed by atoms with Gasteiger partial charge in [0.15, 0.2) is 0 Å². The van der Waals surface area contributed by atoms with Crippen molar-refractivity contribution in [1.29, 1.82) is 0 Å². The van der Waals surface area contributed by atoms with Crippen LogP contribution in [0.1, 0.15) is 147 Å². The Bertz CT molecular complexity index is 680. The summed E-state index contributed by atoms with van der Waals surface area (Å²) in [6, 6.07) is 9.02. The lowest BCUT2D eigenvalue weighted by Gasteiger charge is -2.18. The van der Waals surface area contributed by atoms with E-state index < -0.39 is 6.04 Å². The van der Waals surface area contributed by atoms with E-state index in [0.29, 0.717) is 19.4 Å². The Balaban J connectivity index is 2.04. The van der Waals surface area contributed by atoms with E-state index in [4.69, 9.17) is 10.5 Å². The monoisotopic (exact) mass is 530 g/mol. The van der Waals surface area contributed by atoms with Gasteiger partial charge in [0.1, 0.15) is 12.6 Å². The van der Waals surface area contributed by atoms with Gasteiger partial charge < -0.3 is 15.8 Å². The van der Waals surface area contributed by atoms with Gasteiger partial charge in [0.2, 0.25) is 5.91 Å². The first-order chi connectivity index (χ1) is 18.7. The molecular weight excluding hydrogens is 472 g/mol. The zero-order valence-corrected chi connectivity index (χ0v) is 24.5. The van der Waals surface area contributed by atoms with Gasteiger partial charge in [0, 0.05) is 6.42 Å². The van der Waals surface area contributed by atoms with Gasteiger partial charge in [0.25, 0.3) is 0 Å². The number of rotatable bonds is 26. The van der Waals surface area contributed by atoms with Crippen molar-refractivity contribution in [3.63, 3.8) is 0 Å². The Hall–Kier alpha value is -1.88. The lowest BCUT2D eigenvalue weighted by molar-refractivity contribution is -0.149. The molecule has 0 heterocycles. The Kier molecular flexibility index (Phi) is 22.8. The van der Waals surface area contributed by atoms with Gasteiger partial charge in [-0.25, -0.2) is 4.79 Å². The van der Waals surface area contributed by atoms with E-state index in [1.807, 2.05) is 30.3 Å². The van der Waals surface area contributed by atoms with Crippen LogP contribution in [-0.4, -0.2) is 24.5 Å². The summed E-state index contributed by atoms with van der Waals surface area (Å²) < 4.78 is 5.48. The third-order valence-corrected chi connectivity index (χ3v) is 7.30. The summed E-state index contributed by atoms with van der Waals surface area (Å²) in [5, 5.41) is 2.91. The molecule has 3 N–H and O–H groups in total. The van der Waals surface area contributed by atoms with Crippen molar-refractivity contribution in [1.82, 2.24) is 5.32 Å². The van der Waals surface area contributed by atoms with Crippen LogP contribution in [0.15, 0.2) is 30.3 Å². The predicted octanol–water partition coefficient (Wildman–Crippen LogP) is 8.39. The predicted molar refractivity (Wildman–Crippen MR) is 160 cm³/mol. The van der Waals surface area contributed by atoms with Crippen molar-refractivity contribution in [2.75, 3.05) is 6.54 Å². The highest BCUT2D eigenvalue weighted by molar-refractivity contribution is 5.84. The molecule has 0 aliphatic carbocycles. The van der Waals surface area contributed by atoms with Gasteiger partial charge in [-0.2, -0.15) is 0 Å². The fourth-order valence-corrected chi connectivity index (χ4v) is 4.85. The highest BCUT2D eigenvalue weighted by Crippen LogP contribution is 2.14. The summed E-state index contributed by atoms with van der Waals surface area (Å²) >= 11 is 0. The smallest absolute Gasteiger partial charge is 0.328 e. The first kappa shape index (κ1) is 34.1. The number of esters is 1. The molecule has 1 rings (SSSR count). The number of benzene rings is 1. The zero-order valence-electron chi connectivity index (χ0n) is 24.5. The number of carbonyl (C=O) groups excluding carboxylic acids is 2. The number of carbonyl (C=O) groups is 2. The molecule has 0 unspecified atom stereocenters. The van der Waals surface area contributed by atoms with Crippen LogP contribution in [0.2, 0.25) is 0 Å². The molecular formula is C33H58N2O3. The second-order valence-corrected chi connectivity index (χ2v) is 10.9. The number of hydrogen-bond acceptors (Lipinski definition) is 4. The van der Waals surface area contributed by atoms with Crippen molar-refractivity contribution in [3.05, 3.63) is 35.9 Å². The molecule has 5 nitrogen and oxygen atoms in total. The average Bonchev–Trinajstić information content (AvgIpc) is 2.93. The van der Waals surface area contributed by atoms with E-state index in [0.717, 1.165) is 31.2 Å². The largest absolute Gasteiger partial charge is 0.459 e. The van der Waals surface area contributed by atoms with Crippen LogP contribution in [0.25, 0.3) is 0 Å². The van der Waals surface area contributed by atoms with E-state index >= 15 is 0 Å². The molecule has 1 aromatic rings. The molecule has 1 atom stereocenters.